The van der Waals surface area contributed by atoms with Crippen LogP contribution in [0.4, 0.5) is 5.69 Å². The maximum Gasteiger partial charge on any atom is 0.228 e. The summed E-state index contributed by atoms with van der Waals surface area (Å²) in [5.74, 6) is -0.311. The number of fused-ring (bicyclic) bond motifs is 1. The molecule has 0 aliphatic carbocycles. The molecule has 0 saturated carbocycles. The minimum Gasteiger partial charge on any atom is -0.352 e. The molecule has 0 saturated heterocycles. The van der Waals surface area contributed by atoms with Crippen molar-refractivity contribution in [3.8, 4) is 0 Å². The maximum absolute atomic E-state index is 12.7. The van der Waals surface area contributed by atoms with Crippen molar-refractivity contribution in [2.24, 2.45) is 5.92 Å². The molecule has 29 heavy (non-hydrogen) atoms. The molecule has 2 aromatic carbocycles. The van der Waals surface area contributed by atoms with Crippen LogP contribution < -0.4 is 10.6 Å². The first-order valence-corrected chi connectivity index (χ1v) is 12.1. The van der Waals surface area contributed by atoms with Crippen LogP contribution in [0, 0.1) is 5.92 Å². The van der Waals surface area contributed by atoms with Gasteiger partial charge in [-0.15, -0.1) is 11.8 Å². The molecule has 2 N–H and O–H groups in total. The topological polar surface area (TPSA) is 92.3 Å². The Hall–Kier alpha value is -2.03. The quantitative estimate of drug-likeness (QED) is 0.699. The van der Waals surface area contributed by atoms with Crippen LogP contribution in [-0.4, -0.2) is 31.7 Å². The van der Waals surface area contributed by atoms with E-state index in [2.05, 4.69) is 10.6 Å². The van der Waals surface area contributed by atoms with Gasteiger partial charge in [0.25, 0.3) is 0 Å². The van der Waals surface area contributed by atoms with Gasteiger partial charge in [0.05, 0.1) is 16.3 Å². The van der Waals surface area contributed by atoms with Crippen LogP contribution in [0.25, 0.3) is 0 Å². The molecule has 1 aliphatic rings. The van der Waals surface area contributed by atoms with E-state index in [4.69, 9.17) is 11.6 Å². The van der Waals surface area contributed by atoms with Crippen LogP contribution in [0.15, 0.2) is 52.3 Å². The minimum atomic E-state index is -3.66. The normalized spacial score (nSPS) is 16.5. The zero-order valence-electron chi connectivity index (χ0n) is 15.8. The molecule has 0 radical (unpaired) electrons. The second-order valence-electron chi connectivity index (χ2n) is 6.83. The lowest BCUT2D eigenvalue weighted by Crippen LogP contribution is -2.25. The van der Waals surface area contributed by atoms with Gasteiger partial charge in [0.2, 0.25) is 11.8 Å². The second-order valence-corrected chi connectivity index (χ2v) is 10.4. The van der Waals surface area contributed by atoms with Gasteiger partial charge < -0.3 is 10.6 Å². The number of rotatable bonds is 6. The minimum absolute atomic E-state index is 0.0946. The molecule has 1 atom stereocenters. The van der Waals surface area contributed by atoms with E-state index in [0.29, 0.717) is 23.0 Å². The van der Waals surface area contributed by atoms with Gasteiger partial charge in [0.15, 0.2) is 9.84 Å². The highest BCUT2D eigenvalue weighted by Crippen LogP contribution is 2.34. The first kappa shape index (κ1) is 21.7. The number of thioether (sulfide) groups is 1. The van der Waals surface area contributed by atoms with Crippen molar-refractivity contribution in [1.29, 1.82) is 0 Å². The molecule has 6 nitrogen and oxygen atoms in total. The highest BCUT2D eigenvalue weighted by atomic mass is 35.5. The fraction of sp³-hybridized carbons (Fsp3) is 0.300. The Balaban J connectivity index is 1.61. The zero-order valence-corrected chi connectivity index (χ0v) is 18.2. The van der Waals surface area contributed by atoms with Gasteiger partial charge >= 0.3 is 0 Å². The van der Waals surface area contributed by atoms with Gasteiger partial charge in [-0.25, -0.2) is 8.42 Å². The predicted molar refractivity (Wildman–Crippen MR) is 115 cm³/mol. The van der Waals surface area contributed by atoms with Crippen molar-refractivity contribution in [2.45, 2.75) is 29.7 Å². The average Bonchev–Trinajstić information content (AvgIpc) is 2.84. The third-order valence-electron chi connectivity index (χ3n) is 4.51. The molecule has 1 heterocycles. The summed E-state index contributed by atoms with van der Waals surface area (Å²) >= 11 is 7.34. The third kappa shape index (κ3) is 5.74. The van der Waals surface area contributed by atoms with Crippen LogP contribution >= 0.6 is 23.4 Å². The van der Waals surface area contributed by atoms with Crippen molar-refractivity contribution in [3.05, 3.63) is 53.1 Å². The molecule has 0 unspecified atom stereocenters. The van der Waals surface area contributed by atoms with E-state index >= 15 is 0 Å². The van der Waals surface area contributed by atoms with Gasteiger partial charge in [0.1, 0.15) is 0 Å². The van der Waals surface area contributed by atoms with Gasteiger partial charge in [-0.2, -0.15) is 0 Å². The van der Waals surface area contributed by atoms with Crippen molar-refractivity contribution >= 4 is 50.7 Å². The van der Waals surface area contributed by atoms with E-state index in [0.717, 1.165) is 10.5 Å². The molecule has 0 spiro atoms. The van der Waals surface area contributed by atoms with E-state index in [1.165, 1.54) is 23.9 Å². The Kier molecular flexibility index (Phi) is 6.87. The van der Waals surface area contributed by atoms with Crippen LogP contribution in [0.2, 0.25) is 5.02 Å². The first-order chi connectivity index (χ1) is 13.7. The van der Waals surface area contributed by atoms with Crippen LogP contribution in [0.1, 0.15) is 18.9 Å². The van der Waals surface area contributed by atoms with Crippen LogP contribution in [0.3, 0.4) is 0 Å². The van der Waals surface area contributed by atoms with Crippen molar-refractivity contribution < 1.29 is 18.0 Å². The van der Waals surface area contributed by atoms with Crippen molar-refractivity contribution in [2.75, 3.05) is 16.8 Å². The fourth-order valence-electron chi connectivity index (χ4n) is 2.71. The zero-order chi connectivity index (χ0) is 21.0. The molecule has 3 rings (SSSR count). The second kappa shape index (κ2) is 9.19. The summed E-state index contributed by atoms with van der Waals surface area (Å²) in [7, 11) is -3.66. The van der Waals surface area contributed by atoms with Crippen molar-refractivity contribution in [1.82, 2.24) is 5.32 Å². The summed E-state index contributed by atoms with van der Waals surface area (Å²) in [4.78, 5) is 25.0. The van der Waals surface area contributed by atoms with E-state index in [1.807, 2.05) is 6.92 Å². The summed E-state index contributed by atoms with van der Waals surface area (Å²) < 4.78 is 25.3. The number of carbonyl (C=O) groups is 2. The lowest BCUT2D eigenvalue weighted by atomic mass is 10.2. The Morgan fingerprint density at radius 3 is 2.69 bits per heavy atom. The summed E-state index contributed by atoms with van der Waals surface area (Å²) in [6.45, 7) is 2.13. The fourth-order valence-corrected chi connectivity index (χ4v) is 5.11. The highest BCUT2D eigenvalue weighted by Gasteiger charge is 2.23. The SMILES string of the molecule is C[C@H]1CSc2ccc(S(=O)(=O)CCC(=O)NCc3ccc(Cl)cc3)cc2NC1=O. The molecule has 2 amide bonds. The summed E-state index contributed by atoms with van der Waals surface area (Å²) in [5, 5.41) is 6.09. The first-order valence-electron chi connectivity index (χ1n) is 9.06. The molecule has 9 heteroatoms. The van der Waals surface area contributed by atoms with Crippen LogP contribution in [-0.2, 0) is 26.0 Å². The Morgan fingerprint density at radius 2 is 1.97 bits per heavy atom. The maximum atomic E-state index is 12.7. The number of amides is 2. The molecule has 0 fully saturated rings. The number of carbonyl (C=O) groups excluding carboxylic acids is 2. The summed E-state index contributed by atoms with van der Waals surface area (Å²) in [6, 6.07) is 11.7. The molecular weight excluding hydrogens is 432 g/mol. The number of anilines is 1. The molecule has 154 valence electrons. The van der Waals surface area contributed by atoms with Crippen LogP contribution in [0.5, 0.6) is 0 Å². The molecular formula is C20H21ClN2O4S2. The lowest BCUT2D eigenvalue weighted by Gasteiger charge is -2.10. The van der Waals surface area contributed by atoms with Gasteiger partial charge in [-0.3, -0.25) is 9.59 Å². The third-order valence-corrected chi connectivity index (χ3v) is 7.80. The van der Waals surface area contributed by atoms with E-state index < -0.39 is 9.84 Å². The van der Waals surface area contributed by atoms with Gasteiger partial charge in [-0.05, 0) is 35.9 Å². The van der Waals surface area contributed by atoms with E-state index in [1.54, 1.807) is 30.3 Å². The Morgan fingerprint density at radius 1 is 1.24 bits per heavy atom. The number of hydrogen-bond acceptors (Lipinski definition) is 5. The van der Waals surface area contributed by atoms with Gasteiger partial charge in [0, 0.05) is 34.6 Å². The van der Waals surface area contributed by atoms with Crippen molar-refractivity contribution in [3.63, 3.8) is 0 Å². The number of hydrogen-bond donors (Lipinski definition) is 2. The summed E-state index contributed by atoms with van der Waals surface area (Å²) in [6.07, 6.45) is -0.148. The number of benzene rings is 2. The monoisotopic (exact) mass is 452 g/mol. The number of nitrogens with one attached hydrogen (secondary N) is 2. The summed E-state index contributed by atoms with van der Waals surface area (Å²) in [5.41, 5.74) is 1.37. The molecule has 0 bridgehead atoms. The van der Waals surface area contributed by atoms with E-state index in [-0.39, 0.29) is 34.8 Å². The smallest absolute Gasteiger partial charge is 0.228 e. The average molecular weight is 453 g/mol. The highest BCUT2D eigenvalue weighted by molar-refractivity contribution is 7.99. The predicted octanol–water partition coefficient (Wildman–Crippen LogP) is 3.50. The molecule has 2 aromatic rings. The van der Waals surface area contributed by atoms with Gasteiger partial charge in [-0.1, -0.05) is 30.7 Å². The number of sulfone groups is 1. The Bertz CT molecular complexity index is 1020. The standard InChI is InChI=1S/C20H21ClN2O4S2/c1-13-12-28-18-7-6-16(10-17(18)23-20(13)25)29(26,27)9-8-19(24)22-11-14-2-4-15(21)5-3-14/h2-7,10,13H,8-9,11-12H2,1H3,(H,22,24)(H,23,25)/t13-/m0/s1. The molecule has 0 aromatic heterocycles. The Labute approximate surface area is 179 Å². The van der Waals surface area contributed by atoms with E-state index in [9.17, 15) is 18.0 Å². The molecule has 1 aliphatic heterocycles. The number of halogens is 1. The largest absolute Gasteiger partial charge is 0.352 e. The lowest BCUT2D eigenvalue weighted by molar-refractivity contribution is -0.121.